The van der Waals surface area contributed by atoms with Gasteiger partial charge in [-0.25, -0.2) is 13.8 Å². The monoisotopic (exact) mass is 250 g/mol. The van der Waals surface area contributed by atoms with Crippen LogP contribution in [-0.4, -0.2) is 9.97 Å². The normalized spacial score (nSPS) is 10.4. The minimum absolute atomic E-state index is 0.169. The molecule has 0 unspecified atom stereocenters. The lowest BCUT2D eigenvalue weighted by atomic mass is 10.2. The third-order valence-corrected chi connectivity index (χ3v) is 2.33. The summed E-state index contributed by atoms with van der Waals surface area (Å²) in [4.78, 5) is 7.91. The van der Waals surface area contributed by atoms with Crippen LogP contribution < -0.4 is 11.1 Å². The molecule has 94 valence electrons. The third kappa shape index (κ3) is 2.91. The highest BCUT2D eigenvalue weighted by Gasteiger charge is 2.03. The average molecular weight is 250 g/mol. The van der Waals surface area contributed by atoms with Crippen LogP contribution in [0, 0.1) is 18.6 Å². The molecule has 2 aromatic rings. The Bertz CT molecular complexity index is 552. The molecule has 0 amide bonds. The number of nitrogens with two attached hydrogens (primary N) is 1. The van der Waals surface area contributed by atoms with Crippen molar-refractivity contribution in [1.29, 1.82) is 0 Å². The average Bonchev–Trinajstić information content (AvgIpc) is 2.29. The van der Waals surface area contributed by atoms with E-state index in [-0.39, 0.29) is 5.95 Å². The van der Waals surface area contributed by atoms with Crippen molar-refractivity contribution < 1.29 is 8.78 Å². The van der Waals surface area contributed by atoms with E-state index in [1.54, 1.807) is 13.0 Å². The lowest BCUT2D eigenvalue weighted by Gasteiger charge is -2.07. The van der Waals surface area contributed by atoms with Crippen molar-refractivity contribution in [2.24, 2.45) is 0 Å². The van der Waals surface area contributed by atoms with E-state index < -0.39 is 11.6 Å². The van der Waals surface area contributed by atoms with E-state index >= 15 is 0 Å². The Balaban J connectivity index is 2.08. The Morgan fingerprint density at radius 3 is 2.61 bits per heavy atom. The fourth-order valence-corrected chi connectivity index (χ4v) is 1.52. The molecule has 6 heteroatoms. The highest BCUT2D eigenvalue weighted by Crippen LogP contribution is 2.12. The zero-order valence-corrected chi connectivity index (χ0v) is 9.74. The van der Waals surface area contributed by atoms with E-state index in [2.05, 4.69) is 15.3 Å². The quantitative estimate of drug-likeness (QED) is 0.877. The third-order valence-electron chi connectivity index (χ3n) is 2.33. The number of hydrogen-bond acceptors (Lipinski definition) is 4. The highest BCUT2D eigenvalue weighted by atomic mass is 19.2. The van der Waals surface area contributed by atoms with E-state index in [9.17, 15) is 8.78 Å². The number of rotatable bonds is 3. The first-order valence-corrected chi connectivity index (χ1v) is 5.33. The predicted molar refractivity (Wildman–Crippen MR) is 64.9 cm³/mol. The molecule has 2 rings (SSSR count). The molecule has 0 radical (unpaired) electrons. The number of hydrogen-bond donors (Lipinski definition) is 2. The largest absolute Gasteiger partial charge is 0.368 e. The van der Waals surface area contributed by atoms with Gasteiger partial charge in [0.1, 0.15) is 5.82 Å². The Kier molecular flexibility index (Phi) is 3.36. The molecule has 1 aromatic carbocycles. The van der Waals surface area contributed by atoms with Crippen LogP contribution in [0.1, 0.15) is 11.3 Å². The summed E-state index contributed by atoms with van der Waals surface area (Å²) in [6.07, 6.45) is 0. The van der Waals surface area contributed by atoms with Gasteiger partial charge < -0.3 is 11.1 Å². The number of nitrogens with zero attached hydrogens (tertiary/aromatic N) is 2. The molecule has 0 saturated carbocycles. The topological polar surface area (TPSA) is 63.8 Å². The van der Waals surface area contributed by atoms with Gasteiger partial charge in [-0.3, -0.25) is 0 Å². The summed E-state index contributed by atoms with van der Waals surface area (Å²) in [7, 11) is 0. The number of nitrogen functional groups attached to an aromatic ring is 1. The van der Waals surface area contributed by atoms with Crippen molar-refractivity contribution >= 4 is 11.8 Å². The summed E-state index contributed by atoms with van der Waals surface area (Å²) in [6.45, 7) is 2.12. The van der Waals surface area contributed by atoms with Crippen LogP contribution in [0.4, 0.5) is 20.5 Å². The lowest BCUT2D eigenvalue weighted by molar-refractivity contribution is 0.507. The van der Waals surface area contributed by atoms with Crippen LogP contribution >= 0.6 is 0 Å². The number of halogens is 2. The maximum atomic E-state index is 13.0. The van der Waals surface area contributed by atoms with Gasteiger partial charge in [-0.15, -0.1) is 0 Å². The Morgan fingerprint density at radius 2 is 1.94 bits per heavy atom. The molecule has 0 fully saturated rings. The molecule has 1 heterocycles. The first-order valence-electron chi connectivity index (χ1n) is 5.33. The molecular formula is C12H12F2N4. The summed E-state index contributed by atoms with van der Waals surface area (Å²) in [5, 5.41) is 2.97. The Morgan fingerprint density at radius 1 is 1.17 bits per heavy atom. The van der Waals surface area contributed by atoms with Crippen molar-refractivity contribution in [3.8, 4) is 0 Å². The van der Waals surface area contributed by atoms with E-state index in [0.29, 0.717) is 17.9 Å². The van der Waals surface area contributed by atoms with Crippen molar-refractivity contribution in [2.75, 3.05) is 11.1 Å². The van der Waals surface area contributed by atoms with Gasteiger partial charge in [0.25, 0.3) is 0 Å². The highest BCUT2D eigenvalue weighted by molar-refractivity contribution is 5.40. The van der Waals surface area contributed by atoms with Crippen LogP contribution in [0.3, 0.4) is 0 Å². The van der Waals surface area contributed by atoms with Gasteiger partial charge >= 0.3 is 0 Å². The minimum Gasteiger partial charge on any atom is -0.368 e. The van der Waals surface area contributed by atoms with Crippen molar-refractivity contribution in [3.05, 3.63) is 47.2 Å². The first-order chi connectivity index (χ1) is 8.54. The van der Waals surface area contributed by atoms with Crippen LogP contribution in [0.15, 0.2) is 24.3 Å². The molecule has 18 heavy (non-hydrogen) atoms. The second-order valence-corrected chi connectivity index (χ2v) is 3.85. The van der Waals surface area contributed by atoms with E-state index in [4.69, 9.17) is 5.73 Å². The smallest absolute Gasteiger partial charge is 0.222 e. The predicted octanol–water partition coefficient (Wildman–Crippen LogP) is 2.26. The number of aromatic nitrogens is 2. The fourth-order valence-electron chi connectivity index (χ4n) is 1.52. The molecule has 0 atom stereocenters. The molecule has 0 aliphatic rings. The SMILES string of the molecule is Cc1cc(NCc2ccc(F)c(F)c2)nc(N)n1. The van der Waals surface area contributed by atoms with Gasteiger partial charge in [0.2, 0.25) is 5.95 Å². The summed E-state index contributed by atoms with van der Waals surface area (Å²) >= 11 is 0. The molecule has 1 aromatic heterocycles. The Labute approximate surface area is 103 Å². The van der Waals surface area contributed by atoms with Crippen molar-refractivity contribution in [3.63, 3.8) is 0 Å². The maximum absolute atomic E-state index is 13.0. The lowest BCUT2D eigenvalue weighted by Crippen LogP contribution is -2.05. The number of aryl methyl sites for hydroxylation is 1. The molecular weight excluding hydrogens is 238 g/mol. The first kappa shape index (κ1) is 12.2. The van der Waals surface area contributed by atoms with Crippen LogP contribution in [-0.2, 0) is 6.54 Å². The molecule has 3 N–H and O–H groups in total. The number of anilines is 2. The molecule has 0 aliphatic carbocycles. The number of benzene rings is 1. The Hall–Kier alpha value is -2.24. The second kappa shape index (κ2) is 4.95. The molecule has 0 saturated heterocycles. The molecule has 0 spiro atoms. The van der Waals surface area contributed by atoms with Gasteiger partial charge in [-0.05, 0) is 24.6 Å². The zero-order valence-electron chi connectivity index (χ0n) is 9.74. The van der Waals surface area contributed by atoms with Crippen LogP contribution in [0.2, 0.25) is 0 Å². The fraction of sp³-hybridized carbons (Fsp3) is 0.167. The summed E-state index contributed by atoms with van der Waals surface area (Å²) < 4.78 is 25.7. The van der Waals surface area contributed by atoms with Gasteiger partial charge in [-0.2, -0.15) is 4.98 Å². The van der Waals surface area contributed by atoms with Crippen molar-refractivity contribution in [2.45, 2.75) is 13.5 Å². The zero-order chi connectivity index (χ0) is 13.1. The van der Waals surface area contributed by atoms with Crippen molar-refractivity contribution in [1.82, 2.24) is 9.97 Å². The van der Waals surface area contributed by atoms with Gasteiger partial charge in [0, 0.05) is 18.3 Å². The minimum atomic E-state index is -0.868. The number of nitrogens with one attached hydrogen (secondary N) is 1. The van der Waals surface area contributed by atoms with E-state index in [0.717, 1.165) is 17.8 Å². The summed E-state index contributed by atoms with van der Waals surface area (Å²) in [5.41, 5.74) is 6.85. The van der Waals surface area contributed by atoms with Gasteiger partial charge in [0.05, 0.1) is 0 Å². The van der Waals surface area contributed by atoms with Gasteiger partial charge in [0.15, 0.2) is 11.6 Å². The summed E-state index contributed by atoms with van der Waals surface area (Å²) in [6, 6.07) is 5.45. The molecule has 0 bridgehead atoms. The van der Waals surface area contributed by atoms with E-state index in [1.165, 1.54) is 6.07 Å². The van der Waals surface area contributed by atoms with E-state index in [1.807, 2.05) is 0 Å². The maximum Gasteiger partial charge on any atom is 0.222 e. The molecule has 4 nitrogen and oxygen atoms in total. The second-order valence-electron chi connectivity index (χ2n) is 3.85. The van der Waals surface area contributed by atoms with Crippen LogP contribution in [0.5, 0.6) is 0 Å². The van der Waals surface area contributed by atoms with Crippen LogP contribution in [0.25, 0.3) is 0 Å². The molecule has 0 aliphatic heterocycles. The van der Waals surface area contributed by atoms with Gasteiger partial charge in [-0.1, -0.05) is 6.07 Å². The summed E-state index contributed by atoms with van der Waals surface area (Å²) in [5.74, 6) is -1.01. The standard InChI is InChI=1S/C12H12F2N4/c1-7-4-11(18-12(15)17-7)16-6-8-2-3-9(13)10(14)5-8/h2-5H,6H2,1H3,(H3,15,16,17,18).